The lowest BCUT2D eigenvalue weighted by Crippen LogP contribution is -2.48. The van der Waals surface area contributed by atoms with Gasteiger partial charge in [-0.25, -0.2) is 4.79 Å². The number of methoxy groups -OCH3 is 1. The first-order valence-corrected chi connectivity index (χ1v) is 12.6. The second kappa shape index (κ2) is 7.66. The number of benzene rings is 2. The molecule has 0 spiro atoms. The van der Waals surface area contributed by atoms with Crippen molar-refractivity contribution in [1.82, 2.24) is 0 Å². The van der Waals surface area contributed by atoms with Crippen LogP contribution in [0.4, 0.5) is 0 Å². The Labute approximate surface area is 183 Å². The maximum Gasteiger partial charge on any atom is 0.353 e. The molecule has 0 aliphatic heterocycles. The van der Waals surface area contributed by atoms with Gasteiger partial charge < -0.3 is 8.92 Å². The molecule has 2 aromatic carbocycles. The minimum absolute atomic E-state index is 0.0839. The van der Waals surface area contributed by atoms with E-state index in [0.29, 0.717) is 5.56 Å². The van der Waals surface area contributed by atoms with Crippen molar-refractivity contribution in [3.8, 4) is 5.75 Å². The maximum absolute atomic E-state index is 12.6. The first kappa shape index (κ1) is 20.6. The average molecular weight is 441 g/mol. The van der Waals surface area contributed by atoms with Crippen molar-refractivity contribution in [1.29, 1.82) is 0 Å². The first-order chi connectivity index (χ1) is 14.9. The number of carbonyl (C=O) groups is 1. The molecule has 164 valence electrons. The number of rotatable bonds is 6. The van der Waals surface area contributed by atoms with Crippen LogP contribution in [0.5, 0.6) is 5.75 Å². The molecule has 4 bridgehead atoms. The predicted molar refractivity (Wildman–Crippen MR) is 117 cm³/mol. The van der Waals surface area contributed by atoms with Gasteiger partial charge >= 0.3 is 16.1 Å². The molecule has 0 aromatic heterocycles. The zero-order chi connectivity index (χ0) is 21.6. The topological polar surface area (TPSA) is 69.7 Å². The van der Waals surface area contributed by atoms with Gasteiger partial charge in [-0.05, 0) is 85.5 Å². The minimum Gasteiger partial charge on any atom is -0.496 e. The number of carbonyl (C=O) groups excluding carboxylic acids is 1. The third kappa shape index (κ3) is 3.98. The van der Waals surface area contributed by atoms with Gasteiger partial charge in [-0.1, -0.05) is 30.3 Å². The third-order valence-electron chi connectivity index (χ3n) is 7.43. The van der Waals surface area contributed by atoms with Crippen LogP contribution in [0, 0.1) is 17.8 Å². The van der Waals surface area contributed by atoms with E-state index in [2.05, 4.69) is 0 Å². The quantitative estimate of drug-likeness (QED) is 0.601. The van der Waals surface area contributed by atoms with Crippen LogP contribution in [0.15, 0.2) is 48.5 Å². The Hall–Kier alpha value is -2.34. The van der Waals surface area contributed by atoms with Gasteiger partial charge in [0.15, 0.2) is 0 Å². The molecule has 6 heteroatoms. The standard InChI is InChI=1S/C25H28O5S/c1-29-23-8-7-17(16-31(27,28)30-24(26)21-5-3-2-4-6-21)12-22(23)25-13-18-9-19(14-25)11-20(10-18)15-25/h2-8,12,18-20H,9-11,13-16H2,1H3. The second-order valence-corrected chi connectivity index (χ2v) is 11.2. The molecule has 5 nitrogen and oxygen atoms in total. The van der Waals surface area contributed by atoms with Crippen LogP contribution >= 0.6 is 0 Å². The van der Waals surface area contributed by atoms with Gasteiger partial charge in [0.05, 0.1) is 12.7 Å². The van der Waals surface area contributed by atoms with Crippen LogP contribution in [0.3, 0.4) is 0 Å². The highest BCUT2D eigenvalue weighted by Crippen LogP contribution is 2.61. The molecule has 0 N–H and O–H groups in total. The van der Waals surface area contributed by atoms with E-state index >= 15 is 0 Å². The van der Waals surface area contributed by atoms with E-state index in [4.69, 9.17) is 8.92 Å². The highest BCUT2D eigenvalue weighted by atomic mass is 32.2. The fourth-order valence-corrected chi connectivity index (χ4v) is 7.64. The summed E-state index contributed by atoms with van der Waals surface area (Å²) in [6, 6.07) is 13.8. The zero-order valence-corrected chi connectivity index (χ0v) is 18.6. The summed E-state index contributed by atoms with van der Waals surface area (Å²) in [5.41, 5.74) is 2.07. The molecule has 0 unspecified atom stereocenters. The largest absolute Gasteiger partial charge is 0.496 e. The lowest BCUT2D eigenvalue weighted by molar-refractivity contribution is -0.00618. The van der Waals surface area contributed by atoms with E-state index in [1.165, 1.54) is 31.4 Å². The zero-order valence-electron chi connectivity index (χ0n) is 17.8. The molecule has 4 saturated carbocycles. The number of hydrogen-bond acceptors (Lipinski definition) is 5. The number of hydrogen-bond donors (Lipinski definition) is 0. The Morgan fingerprint density at radius 1 is 0.968 bits per heavy atom. The second-order valence-electron chi connectivity index (χ2n) is 9.67. The molecule has 0 amide bonds. The summed E-state index contributed by atoms with van der Waals surface area (Å²) in [6.07, 6.45) is 7.50. The molecule has 4 aliphatic carbocycles. The van der Waals surface area contributed by atoms with Crippen molar-refractivity contribution >= 4 is 16.1 Å². The molecule has 0 atom stereocenters. The Bertz CT molecular complexity index is 1050. The van der Waals surface area contributed by atoms with Crippen molar-refractivity contribution in [2.75, 3.05) is 7.11 Å². The molecule has 0 heterocycles. The van der Waals surface area contributed by atoms with E-state index in [0.717, 1.165) is 48.3 Å². The van der Waals surface area contributed by atoms with Gasteiger partial charge in [0.25, 0.3) is 0 Å². The summed E-state index contributed by atoms with van der Waals surface area (Å²) in [5, 5.41) is 0. The van der Waals surface area contributed by atoms with Crippen molar-refractivity contribution in [2.24, 2.45) is 17.8 Å². The van der Waals surface area contributed by atoms with E-state index in [1.807, 2.05) is 12.1 Å². The van der Waals surface area contributed by atoms with Gasteiger partial charge in [0.2, 0.25) is 0 Å². The molecule has 4 fully saturated rings. The maximum atomic E-state index is 12.6. The SMILES string of the molecule is COc1ccc(CS(=O)(=O)OC(=O)c2ccccc2)cc1C12CC3CC(CC(C3)C1)C2. The molecule has 2 aromatic rings. The summed E-state index contributed by atoms with van der Waals surface area (Å²) >= 11 is 0. The molecule has 31 heavy (non-hydrogen) atoms. The van der Waals surface area contributed by atoms with E-state index < -0.39 is 16.1 Å². The molecule has 0 saturated heterocycles. The third-order valence-corrected chi connectivity index (χ3v) is 8.52. The Kier molecular flexibility index (Phi) is 5.08. The van der Waals surface area contributed by atoms with Crippen molar-refractivity contribution in [3.05, 3.63) is 65.2 Å². The summed E-state index contributed by atoms with van der Waals surface area (Å²) < 4.78 is 35.8. The fourth-order valence-electron chi connectivity index (χ4n) is 6.67. The lowest BCUT2D eigenvalue weighted by Gasteiger charge is -2.57. The highest BCUT2D eigenvalue weighted by molar-refractivity contribution is 7.86. The van der Waals surface area contributed by atoms with Gasteiger partial charge in [-0.3, -0.25) is 0 Å². The Balaban J connectivity index is 1.40. The lowest BCUT2D eigenvalue weighted by atomic mass is 9.48. The van der Waals surface area contributed by atoms with Crippen LogP contribution < -0.4 is 4.74 Å². The molecular formula is C25H28O5S. The van der Waals surface area contributed by atoms with Crippen molar-refractivity contribution in [3.63, 3.8) is 0 Å². The van der Waals surface area contributed by atoms with Crippen molar-refractivity contribution < 1.29 is 22.1 Å². The van der Waals surface area contributed by atoms with Gasteiger partial charge in [-0.15, -0.1) is 0 Å². The summed E-state index contributed by atoms with van der Waals surface area (Å²) in [4.78, 5) is 12.2. The first-order valence-electron chi connectivity index (χ1n) is 11.0. The van der Waals surface area contributed by atoms with Crippen LogP contribution in [0.25, 0.3) is 0 Å². The minimum atomic E-state index is -4.06. The average Bonchev–Trinajstić information content (AvgIpc) is 2.73. The van der Waals surface area contributed by atoms with Gasteiger partial charge in [0, 0.05) is 5.56 Å². The van der Waals surface area contributed by atoms with Crippen LogP contribution in [-0.2, 0) is 25.5 Å². The van der Waals surface area contributed by atoms with Gasteiger partial charge in [0.1, 0.15) is 11.5 Å². The molecular weight excluding hydrogens is 412 g/mol. The molecule has 4 aliphatic rings. The Morgan fingerprint density at radius 2 is 1.58 bits per heavy atom. The van der Waals surface area contributed by atoms with Gasteiger partial charge in [-0.2, -0.15) is 8.42 Å². The predicted octanol–water partition coefficient (Wildman–Crippen LogP) is 4.85. The smallest absolute Gasteiger partial charge is 0.353 e. The van der Waals surface area contributed by atoms with E-state index in [-0.39, 0.29) is 16.7 Å². The van der Waals surface area contributed by atoms with Crippen LogP contribution in [0.1, 0.15) is 60.0 Å². The summed E-state index contributed by atoms with van der Waals surface area (Å²) in [7, 11) is -2.39. The van der Waals surface area contributed by atoms with E-state index in [1.54, 1.807) is 31.4 Å². The summed E-state index contributed by atoms with van der Waals surface area (Å²) in [5.74, 6) is 1.97. The van der Waals surface area contributed by atoms with E-state index in [9.17, 15) is 13.2 Å². The fraction of sp³-hybridized carbons (Fsp3) is 0.480. The highest BCUT2D eigenvalue weighted by Gasteiger charge is 2.52. The monoisotopic (exact) mass is 440 g/mol. The van der Waals surface area contributed by atoms with Crippen molar-refractivity contribution in [2.45, 2.75) is 49.7 Å². The number of ether oxygens (including phenoxy) is 1. The van der Waals surface area contributed by atoms with Crippen LogP contribution in [0.2, 0.25) is 0 Å². The van der Waals surface area contributed by atoms with Crippen LogP contribution in [-0.4, -0.2) is 21.5 Å². The molecule has 6 rings (SSSR count). The molecule has 0 radical (unpaired) electrons. The summed E-state index contributed by atoms with van der Waals surface area (Å²) in [6.45, 7) is 0. The Morgan fingerprint density at radius 3 is 2.16 bits per heavy atom. The normalized spacial score (nSPS) is 29.0.